The molecule has 0 aliphatic rings. The van der Waals surface area contributed by atoms with E-state index in [1.54, 1.807) is 54.7 Å². The Hall–Kier alpha value is -2.61. The van der Waals surface area contributed by atoms with Crippen LogP contribution in [0.4, 0.5) is 18.0 Å². The molecule has 0 aliphatic carbocycles. The van der Waals surface area contributed by atoms with Crippen molar-refractivity contribution in [2.45, 2.75) is 24.6 Å². The first-order valence-corrected chi connectivity index (χ1v) is 8.71. The van der Waals surface area contributed by atoms with Crippen LogP contribution in [0.3, 0.4) is 0 Å². The third-order valence-corrected chi connectivity index (χ3v) is 4.42. The van der Waals surface area contributed by atoms with Gasteiger partial charge < -0.3 is 4.74 Å². The molecule has 4 nitrogen and oxygen atoms in total. The summed E-state index contributed by atoms with van der Waals surface area (Å²) in [6.07, 6.45) is -6.16. The van der Waals surface area contributed by atoms with Crippen LogP contribution in [0.25, 0.3) is 0 Å². The van der Waals surface area contributed by atoms with Gasteiger partial charge in [-0.15, -0.1) is 0 Å². The van der Waals surface area contributed by atoms with Gasteiger partial charge in [-0.25, -0.2) is 9.00 Å². The number of amides is 1. The minimum absolute atomic E-state index is 0.182. The second-order valence-electron chi connectivity index (χ2n) is 5.33. The molecular formula is C18H16F3NO3S. The number of alkyl carbamates (subject to hydrolysis) is 1. The maximum Gasteiger partial charge on any atom is 0.432 e. The molecule has 0 saturated carbocycles. The SMILES string of the molecule is Cc1ccc(S(=O)/C=C(/NC(=O)OCc2ccccc2)C(F)(F)F)cc1. The van der Waals surface area contributed by atoms with Crippen molar-refractivity contribution >= 4 is 16.9 Å². The first-order chi connectivity index (χ1) is 12.3. The van der Waals surface area contributed by atoms with E-state index in [2.05, 4.69) is 0 Å². The highest BCUT2D eigenvalue weighted by molar-refractivity contribution is 7.88. The van der Waals surface area contributed by atoms with Crippen molar-refractivity contribution in [2.75, 3.05) is 0 Å². The first kappa shape index (κ1) is 19.7. The van der Waals surface area contributed by atoms with E-state index in [9.17, 15) is 22.2 Å². The van der Waals surface area contributed by atoms with Gasteiger partial charge in [-0.2, -0.15) is 13.2 Å². The normalized spacial score (nSPS) is 13.2. The van der Waals surface area contributed by atoms with Crippen molar-refractivity contribution in [1.29, 1.82) is 0 Å². The van der Waals surface area contributed by atoms with Gasteiger partial charge in [-0.3, -0.25) is 5.32 Å². The molecule has 0 bridgehead atoms. The number of hydrogen-bond donors (Lipinski definition) is 1. The molecule has 138 valence electrons. The average Bonchev–Trinajstić information content (AvgIpc) is 2.60. The highest BCUT2D eigenvalue weighted by atomic mass is 32.2. The monoisotopic (exact) mass is 383 g/mol. The summed E-state index contributed by atoms with van der Waals surface area (Å²) < 4.78 is 56.2. The van der Waals surface area contributed by atoms with Crippen molar-refractivity contribution in [3.63, 3.8) is 0 Å². The molecule has 2 aromatic carbocycles. The molecule has 0 radical (unpaired) electrons. The summed E-state index contributed by atoms with van der Waals surface area (Å²) in [5.74, 6) is 0. The second kappa shape index (κ2) is 8.66. The third-order valence-electron chi connectivity index (χ3n) is 3.23. The third kappa shape index (κ3) is 6.03. The van der Waals surface area contributed by atoms with Crippen LogP contribution in [0.5, 0.6) is 0 Å². The maximum absolute atomic E-state index is 13.1. The number of alkyl halides is 3. The molecule has 0 saturated heterocycles. The fourth-order valence-electron chi connectivity index (χ4n) is 1.88. The lowest BCUT2D eigenvalue weighted by Gasteiger charge is -2.13. The Labute approximate surface area is 151 Å². The first-order valence-electron chi connectivity index (χ1n) is 7.49. The summed E-state index contributed by atoms with van der Waals surface area (Å²) in [4.78, 5) is 11.9. The lowest BCUT2D eigenvalue weighted by molar-refractivity contribution is -0.0960. The molecule has 0 spiro atoms. The molecular weight excluding hydrogens is 367 g/mol. The van der Waals surface area contributed by atoms with Crippen LogP contribution in [0.2, 0.25) is 0 Å². The fraction of sp³-hybridized carbons (Fsp3) is 0.167. The van der Waals surface area contributed by atoms with Crippen molar-refractivity contribution < 1.29 is 26.9 Å². The smallest absolute Gasteiger partial charge is 0.432 e. The van der Waals surface area contributed by atoms with Crippen LogP contribution in [0.1, 0.15) is 11.1 Å². The number of carbonyl (C=O) groups excluding carboxylic acids is 1. The molecule has 0 aliphatic heterocycles. The van der Waals surface area contributed by atoms with Crippen molar-refractivity contribution in [2.24, 2.45) is 0 Å². The molecule has 1 atom stereocenters. The number of aryl methyl sites for hydroxylation is 1. The Kier molecular flexibility index (Phi) is 6.57. The van der Waals surface area contributed by atoms with E-state index in [4.69, 9.17) is 4.74 Å². The number of hydrogen-bond acceptors (Lipinski definition) is 3. The average molecular weight is 383 g/mol. The number of allylic oxidation sites excluding steroid dienone is 1. The number of rotatable bonds is 5. The molecule has 2 aromatic rings. The van der Waals surface area contributed by atoms with Gasteiger partial charge in [0.2, 0.25) is 0 Å². The molecule has 1 N–H and O–H groups in total. The molecule has 26 heavy (non-hydrogen) atoms. The molecule has 0 aromatic heterocycles. The fourth-order valence-corrected chi connectivity index (χ4v) is 2.83. The number of halogens is 3. The van der Waals surface area contributed by atoms with Crippen molar-refractivity contribution in [1.82, 2.24) is 5.32 Å². The summed E-state index contributed by atoms with van der Waals surface area (Å²) in [6, 6.07) is 14.7. The van der Waals surface area contributed by atoms with Crippen LogP contribution in [0.15, 0.2) is 70.6 Å². The van der Waals surface area contributed by atoms with E-state index in [1.807, 2.05) is 0 Å². The van der Waals surface area contributed by atoms with E-state index in [0.717, 1.165) is 5.56 Å². The zero-order valence-electron chi connectivity index (χ0n) is 13.7. The summed E-state index contributed by atoms with van der Waals surface area (Å²) in [5.41, 5.74) is 0.0753. The minimum Gasteiger partial charge on any atom is -0.444 e. The zero-order chi connectivity index (χ0) is 19.2. The van der Waals surface area contributed by atoms with E-state index in [-0.39, 0.29) is 11.5 Å². The number of benzene rings is 2. The number of carbonyl (C=O) groups is 1. The molecule has 0 fully saturated rings. The van der Waals surface area contributed by atoms with Crippen LogP contribution in [-0.4, -0.2) is 16.5 Å². The summed E-state index contributed by atoms with van der Waals surface area (Å²) in [7, 11) is -2.08. The van der Waals surface area contributed by atoms with Gasteiger partial charge in [0, 0.05) is 10.3 Å². The Bertz CT molecular complexity index is 803. The van der Waals surface area contributed by atoms with Crippen molar-refractivity contribution in [3.8, 4) is 0 Å². The van der Waals surface area contributed by atoms with Gasteiger partial charge in [-0.05, 0) is 24.6 Å². The van der Waals surface area contributed by atoms with Gasteiger partial charge >= 0.3 is 12.3 Å². The highest BCUT2D eigenvalue weighted by Gasteiger charge is 2.36. The predicted octanol–water partition coefficient (Wildman–Crippen LogP) is 4.43. The summed E-state index contributed by atoms with van der Waals surface area (Å²) >= 11 is 0. The van der Waals surface area contributed by atoms with Crippen LogP contribution < -0.4 is 5.32 Å². The van der Waals surface area contributed by atoms with E-state index in [0.29, 0.717) is 11.0 Å². The number of nitrogens with one attached hydrogen (secondary N) is 1. The largest absolute Gasteiger partial charge is 0.444 e. The van der Waals surface area contributed by atoms with Crippen LogP contribution in [0, 0.1) is 6.92 Å². The minimum atomic E-state index is -4.88. The highest BCUT2D eigenvalue weighted by Crippen LogP contribution is 2.25. The quantitative estimate of drug-likeness (QED) is 0.831. The molecule has 1 amide bonds. The standard InChI is InChI=1S/C18H16F3NO3S/c1-13-7-9-15(10-8-13)26(24)12-16(18(19,20)21)22-17(23)25-11-14-5-3-2-4-6-14/h2-10,12H,11H2,1H3,(H,22,23)/b16-12+. The zero-order valence-corrected chi connectivity index (χ0v) is 14.6. The van der Waals surface area contributed by atoms with E-state index in [1.165, 1.54) is 12.1 Å². The molecule has 0 heterocycles. The maximum atomic E-state index is 13.1. The van der Waals surface area contributed by atoms with Gasteiger partial charge in [0.25, 0.3) is 0 Å². The number of ether oxygens (including phenoxy) is 1. The summed E-state index contributed by atoms with van der Waals surface area (Å²) in [5, 5.41) is 2.07. The van der Waals surface area contributed by atoms with Gasteiger partial charge in [0.05, 0.1) is 10.8 Å². The van der Waals surface area contributed by atoms with E-state index < -0.39 is 28.8 Å². The molecule has 8 heteroatoms. The lowest BCUT2D eigenvalue weighted by atomic mass is 10.2. The van der Waals surface area contributed by atoms with Gasteiger partial charge in [-0.1, -0.05) is 48.0 Å². The second-order valence-corrected chi connectivity index (χ2v) is 6.63. The summed E-state index contributed by atoms with van der Waals surface area (Å²) in [6.45, 7) is 1.62. The Morgan fingerprint density at radius 3 is 2.31 bits per heavy atom. The van der Waals surface area contributed by atoms with Crippen LogP contribution in [-0.2, 0) is 22.1 Å². The molecule has 2 rings (SSSR count). The molecule has 1 unspecified atom stereocenters. The Morgan fingerprint density at radius 2 is 1.73 bits per heavy atom. The Morgan fingerprint density at radius 1 is 1.12 bits per heavy atom. The Balaban J connectivity index is 2.08. The van der Waals surface area contributed by atoms with Gasteiger partial charge in [0.1, 0.15) is 12.3 Å². The van der Waals surface area contributed by atoms with Crippen LogP contribution >= 0.6 is 0 Å². The topological polar surface area (TPSA) is 55.4 Å². The van der Waals surface area contributed by atoms with E-state index >= 15 is 0 Å². The van der Waals surface area contributed by atoms with Gasteiger partial charge in [0.15, 0.2) is 0 Å². The van der Waals surface area contributed by atoms with Crippen molar-refractivity contribution in [3.05, 3.63) is 76.8 Å². The lowest BCUT2D eigenvalue weighted by Crippen LogP contribution is -2.32. The predicted molar refractivity (Wildman–Crippen MR) is 91.5 cm³/mol.